The highest BCUT2D eigenvalue weighted by Crippen LogP contribution is 2.34. The van der Waals surface area contributed by atoms with Crippen LogP contribution in [-0.2, 0) is 19.3 Å². The van der Waals surface area contributed by atoms with E-state index in [1.807, 2.05) is 13.0 Å². The fourth-order valence-electron chi connectivity index (χ4n) is 3.77. The molecule has 0 aromatic heterocycles. The van der Waals surface area contributed by atoms with Gasteiger partial charge in [-0.15, -0.1) is 0 Å². The molecule has 0 fully saturated rings. The number of hydrogen-bond acceptors (Lipinski definition) is 0. The van der Waals surface area contributed by atoms with Gasteiger partial charge in [-0.1, -0.05) is 55.8 Å². The Morgan fingerprint density at radius 2 is 2.00 bits per heavy atom. The van der Waals surface area contributed by atoms with Crippen molar-refractivity contribution >= 4 is 6.08 Å². The summed E-state index contributed by atoms with van der Waals surface area (Å²) in [5.74, 6) is 0.299. The maximum Gasteiger partial charge on any atom is 0.126 e. The second-order valence-electron chi connectivity index (χ2n) is 6.93. The van der Waals surface area contributed by atoms with E-state index in [1.54, 1.807) is 6.07 Å². The summed E-state index contributed by atoms with van der Waals surface area (Å²) < 4.78 is 14.6. The fourth-order valence-corrected chi connectivity index (χ4v) is 3.77. The van der Waals surface area contributed by atoms with Crippen LogP contribution < -0.4 is 0 Å². The van der Waals surface area contributed by atoms with Gasteiger partial charge in [0.15, 0.2) is 0 Å². The van der Waals surface area contributed by atoms with Gasteiger partial charge in [0.2, 0.25) is 0 Å². The lowest BCUT2D eigenvalue weighted by molar-refractivity contribution is 0.532. The highest BCUT2D eigenvalue weighted by molar-refractivity contribution is 5.52. The van der Waals surface area contributed by atoms with Crippen LogP contribution in [0.25, 0.3) is 6.08 Å². The van der Waals surface area contributed by atoms with Gasteiger partial charge in [0.25, 0.3) is 0 Å². The van der Waals surface area contributed by atoms with Gasteiger partial charge in [-0.2, -0.15) is 0 Å². The van der Waals surface area contributed by atoms with Gasteiger partial charge in [-0.05, 0) is 78.8 Å². The Labute approximate surface area is 145 Å². The van der Waals surface area contributed by atoms with Gasteiger partial charge >= 0.3 is 0 Å². The van der Waals surface area contributed by atoms with Gasteiger partial charge in [0, 0.05) is 0 Å². The second-order valence-corrected chi connectivity index (χ2v) is 6.93. The summed E-state index contributed by atoms with van der Waals surface area (Å²) in [5.41, 5.74) is 6.11. The van der Waals surface area contributed by atoms with E-state index < -0.39 is 0 Å². The van der Waals surface area contributed by atoms with E-state index in [2.05, 4.69) is 43.3 Å². The Bertz CT molecular complexity index is 727. The molecule has 1 aliphatic carbocycles. The summed E-state index contributed by atoms with van der Waals surface area (Å²) in [7, 11) is 0. The first-order chi connectivity index (χ1) is 11.7. The lowest BCUT2D eigenvalue weighted by atomic mass is 9.79. The largest absolute Gasteiger partial charge is 0.207 e. The first-order valence-electron chi connectivity index (χ1n) is 9.24. The Kier molecular flexibility index (Phi) is 5.50. The van der Waals surface area contributed by atoms with Crippen molar-refractivity contribution in [2.45, 2.75) is 58.3 Å². The van der Waals surface area contributed by atoms with Gasteiger partial charge in [-0.25, -0.2) is 4.39 Å². The predicted octanol–water partition coefficient (Wildman–Crippen LogP) is 6.47. The van der Waals surface area contributed by atoms with Gasteiger partial charge in [0.05, 0.1) is 0 Å². The fraction of sp³-hybridized carbons (Fsp3) is 0.391. The van der Waals surface area contributed by atoms with E-state index in [4.69, 9.17) is 0 Å². The number of allylic oxidation sites excluding steroid dienone is 1. The Hall–Kier alpha value is -1.89. The van der Waals surface area contributed by atoms with Crippen LogP contribution in [0.4, 0.5) is 4.39 Å². The van der Waals surface area contributed by atoms with Crippen LogP contribution in [0.1, 0.15) is 66.8 Å². The summed E-state index contributed by atoms with van der Waals surface area (Å²) in [6.07, 6.45) is 10.5. The minimum atomic E-state index is -0.0115. The third-order valence-corrected chi connectivity index (χ3v) is 5.14. The molecule has 2 aromatic carbocycles. The zero-order valence-corrected chi connectivity index (χ0v) is 14.8. The van der Waals surface area contributed by atoms with Crippen LogP contribution in [0.3, 0.4) is 0 Å². The van der Waals surface area contributed by atoms with Crippen LogP contribution in [0.15, 0.2) is 42.5 Å². The lowest BCUT2D eigenvalue weighted by Crippen LogP contribution is -2.14. The van der Waals surface area contributed by atoms with Crippen LogP contribution in [0.2, 0.25) is 0 Å². The molecule has 0 amide bonds. The van der Waals surface area contributed by atoms with Crippen molar-refractivity contribution in [2.24, 2.45) is 0 Å². The van der Waals surface area contributed by atoms with Crippen molar-refractivity contribution in [2.75, 3.05) is 0 Å². The number of benzene rings is 2. The van der Waals surface area contributed by atoms with Gasteiger partial charge in [0.1, 0.15) is 5.82 Å². The molecule has 0 saturated carbocycles. The van der Waals surface area contributed by atoms with E-state index in [-0.39, 0.29) is 5.82 Å². The predicted molar refractivity (Wildman–Crippen MR) is 101 cm³/mol. The topological polar surface area (TPSA) is 0 Å². The second kappa shape index (κ2) is 7.79. The van der Waals surface area contributed by atoms with Crippen molar-refractivity contribution in [3.63, 3.8) is 0 Å². The molecule has 1 aliphatic rings. The number of halogens is 1. The minimum Gasteiger partial charge on any atom is -0.207 e. The van der Waals surface area contributed by atoms with E-state index in [0.29, 0.717) is 5.92 Å². The molecular formula is C23H27F. The van der Waals surface area contributed by atoms with E-state index in [0.717, 1.165) is 49.7 Å². The highest BCUT2D eigenvalue weighted by Gasteiger charge is 2.22. The molecule has 0 heterocycles. The molecule has 0 aliphatic heterocycles. The molecule has 0 spiro atoms. The highest BCUT2D eigenvalue weighted by atomic mass is 19.1. The van der Waals surface area contributed by atoms with Crippen LogP contribution in [0, 0.1) is 5.82 Å². The smallest absolute Gasteiger partial charge is 0.126 e. The molecule has 126 valence electrons. The van der Waals surface area contributed by atoms with E-state index >= 15 is 0 Å². The maximum absolute atomic E-state index is 14.6. The van der Waals surface area contributed by atoms with Crippen molar-refractivity contribution < 1.29 is 4.39 Å². The molecule has 0 N–H and O–H groups in total. The Morgan fingerprint density at radius 3 is 2.75 bits per heavy atom. The van der Waals surface area contributed by atoms with E-state index in [1.165, 1.54) is 16.7 Å². The first kappa shape index (κ1) is 17.0. The Morgan fingerprint density at radius 1 is 1.12 bits per heavy atom. The van der Waals surface area contributed by atoms with Crippen molar-refractivity contribution in [3.05, 3.63) is 76.1 Å². The van der Waals surface area contributed by atoms with Crippen LogP contribution in [0.5, 0.6) is 0 Å². The third kappa shape index (κ3) is 3.77. The molecule has 0 bridgehead atoms. The number of fused-ring (bicyclic) bond motifs is 1. The number of aryl methyl sites for hydroxylation is 2. The SMILES string of the molecule is C/C=C/c1ccc2c(c1)CCC(c1ccc(CCCC)cc1F)C2. The molecule has 0 nitrogen and oxygen atoms in total. The zero-order chi connectivity index (χ0) is 16.9. The normalized spacial score (nSPS) is 17.2. The molecule has 1 atom stereocenters. The standard InChI is InChI=1S/C23H27F/c1-3-5-7-18-9-13-22(23(24)15-18)21-12-11-19-14-17(6-4-2)8-10-20(19)16-21/h4,6,8-10,13-15,21H,3,5,7,11-12,16H2,1-2H3/b6-4+. The first-order valence-corrected chi connectivity index (χ1v) is 9.24. The average molecular weight is 322 g/mol. The molecule has 0 radical (unpaired) electrons. The summed E-state index contributed by atoms with van der Waals surface area (Å²) in [5, 5.41) is 0. The van der Waals surface area contributed by atoms with Crippen LogP contribution >= 0.6 is 0 Å². The van der Waals surface area contributed by atoms with E-state index in [9.17, 15) is 4.39 Å². The maximum atomic E-state index is 14.6. The minimum absolute atomic E-state index is 0.0115. The molecule has 2 aromatic rings. The monoisotopic (exact) mass is 322 g/mol. The molecule has 1 unspecified atom stereocenters. The molecular weight excluding hydrogens is 295 g/mol. The number of unbranched alkanes of at least 4 members (excludes halogenated alkanes) is 1. The third-order valence-electron chi connectivity index (χ3n) is 5.14. The lowest BCUT2D eigenvalue weighted by Gasteiger charge is -2.26. The van der Waals surface area contributed by atoms with Gasteiger partial charge in [-0.3, -0.25) is 0 Å². The van der Waals surface area contributed by atoms with Crippen LogP contribution in [-0.4, -0.2) is 0 Å². The molecule has 24 heavy (non-hydrogen) atoms. The number of rotatable bonds is 5. The van der Waals surface area contributed by atoms with Crippen molar-refractivity contribution in [1.29, 1.82) is 0 Å². The zero-order valence-electron chi connectivity index (χ0n) is 14.8. The van der Waals surface area contributed by atoms with Crippen molar-refractivity contribution in [1.82, 2.24) is 0 Å². The molecule has 0 saturated heterocycles. The summed E-state index contributed by atoms with van der Waals surface area (Å²) in [6.45, 7) is 4.22. The number of hydrogen-bond donors (Lipinski definition) is 0. The summed E-state index contributed by atoms with van der Waals surface area (Å²) in [4.78, 5) is 0. The van der Waals surface area contributed by atoms with Gasteiger partial charge < -0.3 is 0 Å². The van der Waals surface area contributed by atoms with Crippen molar-refractivity contribution in [3.8, 4) is 0 Å². The summed E-state index contributed by atoms with van der Waals surface area (Å²) in [6, 6.07) is 12.6. The molecule has 1 heteroatoms. The summed E-state index contributed by atoms with van der Waals surface area (Å²) >= 11 is 0. The quantitative estimate of drug-likeness (QED) is 0.591. The average Bonchev–Trinajstić information content (AvgIpc) is 2.60. The Balaban J connectivity index is 1.77. The molecule has 3 rings (SSSR count).